The molecule has 2 heterocycles. The van der Waals surface area contributed by atoms with Crippen LogP contribution in [0.1, 0.15) is 23.0 Å². The van der Waals surface area contributed by atoms with Crippen molar-refractivity contribution in [2.45, 2.75) is 13.8 Å². The van der Waals surface area contributed by atoms with Gasteiger partial charge in [-0.25, -0.2) is 14.8 Å². The standard InChI is InChI=1S/C18H16ClN3O2/c1-3-24-18(23)15-10-20-17-14(8-7-11(2)21-17)16(15)22-13-6-4-5-12(19)9-13/h4-10H,3H2,1-2H3,(H,20,21,22). The molecule has 2 aromatic heterocycles. The third kappa shape index (κ3) is 3.31. The zero-order valence-corrected chi connectivity index (χ0v) is 14.1. The van der Waals surface area contributed by atoms with Gasteiger partial charge in [0.05, 0.1) is 12.3 Å². The molecule has 0 aliphatic carbocycles. The minimum atomic E-state index is -0.433. The number of carbonyl (C=O) groups excluding carboxylic acids is 1. The summed E-state index contributed by atoms with van der Waals surface area (Å²) in [5.41, 5.74) is 3.14. The molecular weight excluding hydrogens is 326 g/mol. The second-order valence-electron chi connectivity index (χ2n) is 5.23. The summed E-state index contributed by atoms with van der Waals surface area (Å²) >= 11 is 6.05. The van der Waals surface area contributed by atoms with Crippen LogP contribution in [-0.2, 0) is 4.74 Å². The first-order chi connectivity index (χ1) is 11.6. The average Bonchev–Trinajstić information content (AvgIpc) is 2.55. The van der Waals surface area contributed by atoms with Crippen LogP contribution in [-0.4, -0.2) is 22.5 Å². The summed E-state index contributed by atoms with van der Waals surface area (Å²) in [7, 11) is 0. The highest BCUT2D eigenvalue weighted by atomic mass is 35.5. The Bertz CT molecular complexity index is 912. The third-order valence-electron chi connectivity index (χ3n) is 3.46. The van der Waals surface area contributed by atoms with Gasteiger partial charge in [-0.05, 0) is 44.2 Å². The maximum atomic E-state index is 12.3. The number of hydrogen-bond acceptors (Lipinski definition) is 5. The molecule has 5 nitrogen and oxygen atoms in total. The lowest BCUT2D eigenvalue weighted by atomic mass is 10.1. The van der Waals surface area contributed by atoms with E-state index in [2.05, 4.69) is 15.3 Å². The van der Waals surface area contributed by atoms with Crippen LogP contribution in [0.25, 0.3) is 11.0 Å². The smallest absolute Gasteiger partial charge is 0.341 e. The third-order valence-corrected chi connectivity index (χ3v) is 3.69. The summed E-state index contributed by atoms with van der Waals surface area (Å²) < 4.78 is 5.14. The predicted molar refractivity (Wildman–Crippen MR) is 95.0 cm³/mol. The molecule has 0 aliphatic heterocycles. The number of benzene rings is 1. The second-order valence-corrected chi connectivity index (χ2v) is 5.66. The molecule has 0 radical (unpaired) electrons. The monoisotopic (exact) mass is 341 g/mol. The molecule has 0 fully saturated rings. The van der Waals surface area contributed by atoms with Crippen molar-refractivity contribution in [3.05, 3.63) is 58.9 Å². The summed E-state index contributed by atoms with van der Waals surface area (Å²) in [4.78, 5) is 21.0. The number of nitrogens with one attached hydrogen (secondary N) is 1. The van der Waals surface area contributed by atoms with E-state index < -0.39 is 5.97 Å². The molecule has 0 amide bonds. The van der Waals surface area contributed by atoms with Crippen LogP contribution < -0.4 is 5.32 Å². The normalized spacial score (nSPS) is 10.6. The van der Waals surface area contributed by atoms with Crippen molar-refractivity contribution < 1.29 is 9.53 Å². The van der Waals surface area contributed by atoms with Crippen molar-refractivity contribution in [2.24, 2.45) is 0 Å². The van der Waals surface area contributed by atoms with Gasteiger partial charge < -0.3 is 10.1 Å². The van der Waals surface area contributed by atoms with Crippen molar-refractivity contribution in [3.8, 4) is 0 Å². The summed E-state index contributed by atoms with van der Waals surface area (Å²) in [5.74, 6) is -0.433. The molecule has 0 saturated carbocycles. The molecule has 6 heteroatoms. The van der Waals surface area contributed by atoms with Crippen LogP contribution in [0.4, 0.5) is 11.4 Å². The molecule has 1 N–H and O–H groups in total. The zero-order valence-electron chi connectivity index (χ0n) is 13.3. The number of rotatable bonds is 4. The van der Waals surface area contributed by atoms with E-state index >= 15 is 0 Å². The molecule has 0 atom stereocenters. The lowest BCUT2D eigenvalue weighted by Gasteiger charge is -2.14. The number of pyridine rings is 2. The first kappa shape index (κ1) is 16.2. The fourth-order valence-corrected chi connectivity index (χ4v) is 2.57. The number of aromatic nitrogens is 2. The summed E-state index contributed by atoms with van der Waals surface area (Å²) in [6.07, 6.45) is 1.49. The van der Waals surface area contributed by atoms with E-state index in [1.54, 1.807) is 19.1 Å². The number of fused-ring (bicyclic) bond motifs is 1. The van der Waals surface area contributed by atoms with Crippen LogP contribution in [0.3, 0.4) is 0 Å². The number of nitrogens with zero attached hydrogens (tertiary/aromatic N) is 2. The highest BCUT2D eigenvalue weighted by Crippen LogP contribution is 2.30. The van der Waals surface area contributed by atoms with Gasteiger partial charge in [-0.15, -0.1) is 0 Å². The fraction of sp³-hybridized carbons (Fsp3) is 0.167. The van der Waals surface area contributed by atoms with E-state index in [4.69, 9.17) is 16.3 Å². The van der Waals surface area contributed by atoms with Crippen molar-refractivity contribution in [3.63, 3.8) is 0 Å². The first-order valence-corrected chi connectivity index (χ1v) is 7.92. The van der Waals surface area contributed by atoms with Gasteiger partial charge in [0.15, 0.2) is 5.65 Å². The van der Waals surface area contributed by atoms with Gasteiger partial charge in [-0.2, -0.15) is 0 Å². The predicted octanol–water partition coefficient (Wildman–Crippen LogP) is 4.51. The minimum absolute atomic E-state index is 0.291. The number of esters is 1. The Morgan fingerprint density at radius 1 is 1.29 bits per heavy atom. The molecular formula is C18H16ClN3O2. The van der Waals surface area contributed by atoms with Gasteiger partial charge in [0.1, 0.15) is 5.56 Å². The number of hydrogen-bond donors (Lipinski definition) is 1. The number of aryl methyl sites for hydroxylation is 1. The van der Waals surface area contributed by atoms with Crippen LogP contribution >= 0.6 is 11.6 Å². The van der Waals surface area contributed by atoms with Crippen molar-refractivity contribution in [1.82, 2.24) is 9.97 Å². The Morgan fingerprint density at radius 3 is 2.88 bits per heavy atom. The van der Waals surface area contributed by atoms with Gasteiger partial charge in [0.2, 0.25) is 0 Å². The quantitative estimate of drug-likeness (QED) is 0.707. The van der Waals surface area contributed by atoms with Gasteiger partial charge in [0.25, 0.3) is 0 Å². The lowest BCUT2D eigenvalue weighted by Crippen LogP contribution is -2.09. The number of carbonyl (C=O) groups is 1. The summed E-state index contributed by atoms with van der Waals surface area (Å²) in [6, 6.07) is 11.0. The molecule has 24 heavy (non-hydrogen) atoms. The van der Waals surface area contributed by atoms with Crippen LogP contribution in [0.15, 0.2) is 42.6 Å². The Morgan fingerprint density at radius 2 is 2.12 bits per heavy atom. The van der Waals surface area contributed by atoms with Gasteiger partial charge in [-0.3, -0.25) is 0 Å². The Kier molecular flexibility index (Phi) is 4.62. The summed E-state index contributed by atoms with van der Waals surface area (Å²) in [5, 5.41) is 4.59. The first-order valence-electron chi connectivity index (χ1n) is 7.54. The van der Waals surface area contributed by atoms with Crippen molar-refractivity contribution in [1.29, 1.82) is 0 Å². The summed E-state index contributed by atoms with van der Waals surface area (Å²) in [6.45, 7) is 3.95. The van der Waals surface area contributed by atoms with E-state index in [1.807, 2.05) is 31.2 Å². The van der Waals surface area contributed by atoms with Crippen LogP contribution in [0.2, 0.25) is 5.02 Å². The topological polar surface area (TPSA) is 64.1 Å². The van der Waals surface area contributed by atoms with E-state index in [1.165, 1.54) is 6.20 Å². The molecule has 0 aliphatic rings. The number of anilines is 2. The van der Waals surface area contributed by atoms with Crippen LogP contribution in [0.5, 0.6) is 0 Å². The van der Waals surface area contributed by atoms with E-state index in [9.17, 15) is 4.79 Å². The SMILES string of the molecule is CCOC(=O)c1cnc2nc(C)ccc2c1Nc1cccc(Cl)c1. The highest BCUT2D eigenvalue weighted by Gasteiger charge is 2.17. The maximum absolute atomic E-state index is 12.3. The van der Waals surface area contributed by atoms with Gasteiger partial charge in [0, 0.05) is 28.0 Å². The lowest BCUT2D eigenvalue weighted by molar-refractivity contribution is 0.0527. The highest BCUT2D eigenvalue weighted by molar-refractivity contribution is 6.30. The Labute approximate surface area is 144 Å². The zero-order chi connectivity index (χ0) is 17.1. The van der Waals surface area contributed by atoms with Crippen molar-refractivity contribution in [2.75, 3.05) is 11.9 Å². The fourth-order valence-electron chi connectivity index (χ4n) is 2.38. The largest absolute Gasteiger partial charge is 0.462 e. The molecule has 3 rings (SSSR count). The average molecular weight is 342 g/mol. The molecule has 3 aromatic rings. The van der Waals surface area contributed by atoms with Gasteiger partial charge >= 0.3 is 5.97 Å². The molecule has 0 spiro atoms. The molecule has 1 aromatic carbocycles. The van der Waals surface area contributed by atoms with E-state index in [0.717, 1.165) is 16.8 Å². The molecule has 0 bridgehead atoms. The minimum Gasteiger partial charge on any atom is -0.462 e. The van der Waals surface area contributed by atoms with E-state index in [0.29, 0.717) is 28.5 Å². The Hall–Kier alpha value is -2.66. The number of ether oxygens (including phenoxy) is 1. The van der Waals surface area contributed by atoms with Crippen LogP contribution in [0, 0.1) is 6.92 Å². The molecule has 0 unspecified atom stereocenters. The molecule has 0 saturated heterocycles. The van der Waals surface area contributed by atoms with Crippen molar-refractivity contribution >= 4 is 40.0 Å². The number of halogens is 1. The van der Waals surface area contributed by atoms with Gasteiger partial charge in [-0.1, -0.05) is 17.7 Å². The molecule has 122 valence electrons. The maximum Gasteiger partial charge on any atom is 0.341 e. The second kappa shape index (κ2) is 6.84. The Balaban J connectivity index is 2.16. The van der Waals surface area contributed by atoms with E-state index in [-0.39, 0.29) is 0 Å².